The third-order valence-corrected chi connectivity index (χ3v) is 1.96. The highest BCUT2D eigenvalue weighted by Gasteiger charge is 1.97. The van der Waals surface area contributed by atoms with Crippen molar-refractivity contribution in [2.45, 2.75) is 12.8 Å². The molecule has 15 heavy (non-hydrogen) atoms. The van der Waals surface area contributed by atoms with E-state index in [9.17, 15) is 4.79 Å². The van der Waals surface area contributed by atoms with E-state index >= 15 is 0 Å². The summed E-state index contributed by atoms with van der Waals surface area (Å²) in [5.74, 6) is 0.691. The molecule has 0 spiro atoms. The van der Waals surface area contributed by atoms with Crippen molar-refractivity contribution in [1.29, 1.82) is 5.26 Å². The fourth-order valence-electron chi connectivity index (χ4n) is 1.03. The minimum atomic E-state index is -0.349. The zero-order valence-electron chi connectivity index (χ0n) is 8.07. The first-order valence-electron chi connectivity index (χ1n) is 4.53. The molecule has 0 fully saturated rings. The van der Waals surface area contributed by atoms with Crippen LogP contribution in [0.5, 0.6) is 5.75 Å². The number of hydrogen-bond donors (Lipinski definition) is 0. The Morgan fingerprint density at radius 2 is 2.07 bits per heavy atom. The van der Waals surface area contributed by atoms with Gasteiger partial charge in [-0.25, -0.2) is 0 Å². The molecule has 0 unspecified atom stereocenters. The van der Waals surface area contributed by atoms with Gasteiger partial charge < -0.3 is 4.74 Å². The van der Waals surface area contributed by atoms with E-state index in [1.807, 2.05) is 6.07 Å². The molecule has 0 aliphatic rings. The summed E-state index contributed by atoms with van der Waals surface area (Å²) in [7, 11) is 0. The number of ether oxygens (including phenoxy) is 1. The van der Waals surface area contributed by atoms with Crippen LogP contribution in [0.2, 0.25) is 0 Å². The van der Waals surface area contributed by atoms with E-state index in [2.05, 4.69) is 0 Å². The fraction of sp³-hybridized carbons (Fsp3) is 0.273. The molecule has 0 heterocycles. The van der Waals surface area contributed by atoms with E-state index in [0.29, 0.717) is 30.8 Å². The molecule has 1 aromatic carbocycles. The molecular weight excluding hydrogens is 214 g/mol. The number of nitrogens with zero attached hydrogens (tertiary/aromatic N) is 1. The topological polar surface area (TPSA) is 50.1 Å². The molecule has 3 nitrogen and oxygen atoms in total. The number of benzene rings is 1. The summed E-state index contributed by atoms with van der Waals surface area (Å²) in [6, 6.07) is 8.83. The SMILES string of the molecule is N#Cc1ccc(OCCCC(=O)Cl)cc1. The van der Waals surface area contributed by atoms with E-state index in [1.165, 1.54) is 0 Å². The van der Waals surface area contributed by atoms with Crippen LogP contribution in [0.1, 0.15) is 18.4 Å². The van der Waals surface area contributed by atoms with Crippen LogP contribution in [0.3, 0.4) is 0 Å². The number of carbonyl (C=O) groups excluding carboxylic acids is 1. The minimum absolute atomic E-state index is 0.317. The normalized spacial score (nSPS) is 9.33. The molecule has 0 N–H and O–H groups in total. The van der Waals surface area contributed by atoms with Gasteiger partial charge in [0.25, 0.3) is 0 Å². The number of halogens is 1. The van der Waals surface area contributed by atoms with E-state index < -0.39 is 0 Å². The van der Waals surface area contributed by atoms with Gasteiger partial charge in [0.15, 0.2) is 0 Å². The maximum Gasteiger partial charge on any atom is 0.221 e. The summed E-state index contributed by atoms with van der Waals surface area (Å²) in [6.07, 6.45) is 0.917. The molecule has 0 atom stereocenters. The Balaban J connectivity index is 2.32. The molecule has 1 rings (SSSR count). The number of nitriles is 1. The molecule has 0 amide bonds. The van der Waals surface area contributed by atoms with Crippen LogP contribution >= 0.6 is 11.6 Å². The van der Waals surface area contributed by atoms with E-state index in [1.54, 1.807) is 24.3 Å². The van der Waals surface area contributed by atoms with Crippen molar-refractivity contribution in [3.05, 3.63) is 29.8 Å². The first kappa shape index (κ1) is 11.5. The Kier molecular flexibility index (Phi) is 4.65. The molecule has 0 radical (unpaired) electrons. The van der Waals surface area contributed by atoms with Crippen LogP contribution in [0.25, 0.3) is 0 Å². The van der Waals surface area contributed by atoms with Crippen molar-refractivity contribution in [2.24, 2.45) is 0 Å². The molecule has 4 heteroatoms. The summed E-state index contributed by atoms with van der Waals surface area (Å²) in [5, 5.41) is 8.21. The van der Waals surface area contributed by atoms with Gasteiger partial charge in [-0.05, 0) is 42.3 Å². The van der Waals surface area contributed by atoms with Gasteiger partial charge >= 0.3 is 0 Å². The van der Waals surface area contributed by atoms with Crippen LogP contribution in [0.15, 0.2) is 24.3 Å². The lowest BCUT2D eigenvalue weighted by atomic mass is 10.2. The number of hydrogen-bond acceptors (Lipinski definition) is 3. The minimum Gasteiger partial charge on any atom is -0.494 e. The predicted octanol–water partition coefficient (Wildman–Crippen LogP) is 2.48. The van der Waals surface area contributed by atoms with Gasteiger partial charge in [-0.2, -0.15) is 5.26 Å². The van der Waals surface area contributed by atoms with Gasteiger partial charge in [0.1, 0.15) is 5.75 Å². The van der Waals surface area contributed by atoms with Crippen LogP contribution in [0.4, 0.5) is 0 Å². The number of carbonyl (C=O) groups is 1. The van der Waals surface area contributed by atoms with Gasteiger partial charge in [-0.3, -0.25) is 4.79 Å². The lowest BCUT2D eigenvalue weighted by Crippen LogP contribution is -1.99. The molecule has 0 aliphatic heterocycles. The molecule has 0 saturated heterocycles. The van der Waals surface area contributed by atoms with Crippen molar-refractivity contribution >= 4 is 16.8 Å². The lowest BCUT2D eigenvalue weighted by molar-refractivity contribution is -0.111. The molecule has 0 bridgehead atoms. The zero-order chi connectivity index (χ0) is 11.1. The largest absolute Gasteiger partial charge is 0.494 e. The van der Waals surface area contributed by atoms with Crippen LogP contribution < -0.4 is 4.74 Å². The van der Waals surface area contributed by atoms with Gasteiger partial charge in [0.2, 0.25) is 5.24 Å². The van der Waals surface area contributed by atoms with E-state index in [4.69, 9.17) is 21.6 Å². The monoisotopic (exact) mass is 223 g/mol. The summed E-state index contributed by atoms with van der Waals surface area (Å²) >= 11 is 5.17. The molecular formula is C11H10ClNO2. The Morgan fingerprint density at radius 3 is 2.60 bits per heavy atom. The molecule has 78 valence electrons. The second kappa shape index (κ2) is 6.05. The first-order valence-corrected chi connectivity index (χ1v) is 4.91. The predicted molar refractivity (Wildman–Crippen MR) is 56.7 cm³/mol. The Bertz CT molecular complexity index is 367. The summed E-state index contributed by atoms with van der Waals surface area (Å²) in [5.41, 5.74) is 0.596. The Labute approximate surface area is 93.2 Å². The zero-order valence-corrected chi connectivity index (χ0v) is 8.83. The van der Waals surface area contributed by atoms with Crippen LogP contribution in [-0.2, 0) is 4.79 Å². The van der Waals surface area contributed by atoms with Crippen LogP contribution in [-0.4, -0.2) is 11.8 Å². The summed E-state index contributed by atoms with van der Waals surface area (Å²) < 4.78 is 5.34. The average molecular weight is 224 g/mol. The number of rotatable bonds is 5. The van der Waals surface area contributed by atoms with Crippen molar-refractivity contribution in [3.63, 3.8) is 0 Å². The van der Waals surface area contributed by atoms with Crippen molar-refractivity contribution in [2.75, 3.05) is 6.61 Å². The van der Waals surface area contributed by atoms with E-state index in [-0.39, 0.29) is 5.24 Å². The highest BCUT2D eigenvalue weighted by Crippen LogP contribution is 2.12. The second-order valence-corrected chi connectivity index (χ2v) is 3.36. The van der Waals surface area contributed by atoms with Gasteiger partial charge in [-0.15, -0.1) is 0 Å². The molecule has 0 saturated carbocycles. The standard InChI is InChI=1S/C11H10ClNO2/c12-11(14)2-1-7-15-10-5-3-9(8-13)4-6-10/h3-6H,1-2,7H2. The van der Waals surface area contributed by atoms with Gasteiger partial charge in [0, 0.05) is 6.42 Å². The highest BCUT2D eigenvalue weighted by atomic mass is 35.5. The molecule has 0 aliphatic carbocycles. The van der Waals surface area contributed by atoms with Gasteiger partial charge in [0.05, 0.1) is 18.2 Å². The maximum absolute atomic E-state index is 10.4. The fourth-order valence-corrected chi connectivity index (χ4v) is 1.16. The molecule has 0 aromatic heterocycles. The van der Waals surface area contributed by atoms with Crippen LogP contribution in [0, 0.1) is 11.3 Å². The third kappa shape index (κ3) is 4.48. The molecule has 1 aromatic rings. The van der Waals surface area contributed by atoms with Crippen molar-refractivity contribution in [3.8, 4) is 11.8 Å². The highest BCUT2D eigenvalue weighted by molar-refractivity contribution is 6.63. The van der Waals surface area contributed by atoms with Crippen molar-refractivity contribution in [1.82, 2.24) is 0 Å². The third-order valence-electron chi connectivity index (χ3n) is 1.77. The Hall–Kier alpha value is -1.53. The van der Waals surface area contributed by atoms with Gasteiger partial charge in [-0.1, -0.05) is 0 Å². The van der Waals surface area contributed by atoms with E-state index in [0.717, 1.165) is 0 Å². The summed E-state index contributed by atoms with van der Waals surface area (Å²) in [6.45, 7) is 0.449. The quantitative estimate of drug-likeness (QED) is 0.569. The summed E-state index contributed by atoms with van der Waals surface area (Å²) in [4.78, 5) is 10.4. The second-order valence-electron chi connectivity index (χ2n) is 2.94. The van der Waals surface area contributed by atoms with Crippen molar-refractivity contribution < 1.29 is 9.53 Å². The Morgan fingerprint density at radius 1 is 1.40 bits per heavy atom. The first-order chi connectivity index (χ1) is 7.22. The smallest absolute Gasteiger partial charge is 0.221 e. The maximum atomic E-state index is 10.4. The lowest BCUT2D eigenvalue weighted by Gasteiger charge is -2.04. The average Bonchev–Trinajstić information content (AvgIpc) is 2.25.